The Kier molecular flexibility index (Phi) is 4.77. The van der Waals surface area contributed by atoms with E-state index in [4.69, 9.17) is 0 Å². The van der Waals surface area contributed by atoms with E-state index in [0.29, 0.717) is 22.4 Å². The van der Waals surface area contributed by atoms with E-state index in [1.165, 1.54) is 23.1 Å². The van der Waals surface area contributed by atoms with Crippen molar-refractivity contribution >= 4 is 61.8 Å². The highest BCUT2D eigenvalue weighted by Gasteiger charge is 2.26. The number of benzene rings is 1. The van der Waals surface area contributed by atoms with Crippen molar-refractivity contribution < 1.29 is 9.59 Å². The Morgan fingerprint density at radius 3 is 3.00 bits per heavy atom. The predicted octanol–water partition coefficient (Wildman–Crippen LogP) is 3.09. The van der Waals surface area contributed by atoms with Gasteiger partial charge in [-0.15, -0.1) is 11.8 Å². The minimum atomic E-state index is -0.365. The third-order valence-electron chi connectivity index (χ3n) is 3.77. The largest absolute Gasteiger partial charge is 0.301 e. The number of thioether (sulfide) groups is 1. The summed E-state index contributed by atoms with van der Waals surface area (Å²) in [5, 5.41) is 3.40. The van der Waals surface area contributed by atoms with Crippen LogP contribution in [0.15, 0.2) is 58.6 Å². The van der Waals surface area contributed by atoms with E-state index in [-0.39, 0.29) is 23.5 Å². The fourth-order valence-electron chi connectivity index (χ4n) is 2.60. The van der Waals surface area contributed by atoms with Gasteiger partial charge in [0, 0.05) is 0 Å². The zero-order chi connectivity index (χ0) is 17.9. The molecule has 1 aliphatic carbocycles. The number of nitrogens with one attached hydrogen (secondary N) is 1. The van der Waals surface area contributed by atoms with Crippen LogP contribution in [-0.2, 0) is 9.59 Å². The number of para-hydroxylation sites is 1. The Morgan fingerprint density at radius 1 is 1.23 bits per heavy atom. The van der Waals surface area contributed by atoms with Crippen LogP contribution in [0.1, 0.15) is 0 Å². The maximum atomic E-state index is 12.1. The summed E-state index contributed by atoms with van der Waals surface area (Å²) in [4.78, 5) is 36.9. The first-order valence-corrected chi connectivity index (χ1v) is 9.94. The number of carbonyl (C=O) groups is 2. The molecule has 1 N–H and O–H groups in total. The van der Waals surface area contributed by atoms with E-state index in [1.807, 2.05) is 42.5 Å². The van der Waals surface area contributed by atoms with Gasteiger partial charge in [-0.3, -0.25) is 9.59 Å². The second-order valence-electron chi connectivity index (χ2n) is 5.65. The Hall–Kier alpha value is -2.58. The fourth-order valence-corrected chi connectivity index (χ4v) is 4.15. The lowest BCUT2D eigenvalue weighted by Crippen LogP contribution is -2.27. The molecule has 0 saturated heterocycles. The molecule has 0 spiro atoms. The van der Waals surface area contributed by atoms with Crippen molar-refractivity contribution in [1.29, 1.82) is 0 Å². The normalized spacial score (nSPS) is 18.5. The number of hydrogen-bond donors (Lipinski definition) is 1. The van der Waals surface area contributed by atoms with Crippen molar-refractivity contribution in [2.45, 2.75) is 0 Å². The molecule has 0 radical (unpaired) electrons. The maximum absolute atomic E-state index is 12.1. The van der Waals surface area contributed by atoms with Crippen molar-refractivity contribution in [3.63, 3.8) is 0 Å². The van der Waals surface area contributed by atoms with E-state index < -0.39 is 0 Å². The van der Waals surface area contributed by atoms with Crippen LogP contribution >= 0.6 is 23.1 Å². The maximum Gasteiger partial charge on any atom is 0.260 e. The summed E-state index contributed by atoms with van der Waals surface area (Å²) in [6.45, 7) is 0. The third-order valence-corrected chi connectivity index (χ3v) is 5.65. The van der Waals surface area contributed by atoms with Gasteiger partial charge in [0.15, 0.2) is 5.13 Å². The number of aliphatic imine (C=N–C) groups is 2. The van der Waals surface area contributed by atoms with E-state index in [9.17, 15) is 9.59 Å². The number of hydrogen-bond acceptors (Lipinski definition) is 6. The second kappa shape index (κ2) is 7.35. The van der Waals surface area contributed by atoms with Gasteiger partial charge in [0.2, 0.25) is 5.91 Å². The van der Waals surface area contributed by atoms with Crippen LogP contribution in [0.2, 0.25) is 0 Å². The highest BCUT2D eigenvalue weighted by Crippen LogP contribution is 2.25. The van der Waals surface area contributed by atoms with Crippen molar-refractivity contribution in [2.24, 2.45) is 15.9 Å². The molecule has 130 valence electrons. The monoisotopic (exact) mass is 382 g/mol. The summed E-state index contributed by atoms with van der Waals surface area (Å²) in [5.41, 5.74) is 1.58. The molecular formula is C18H14N4O2S2. The molecule has 26 heavy (non-hydrogen) atoms. The number of thiazole rings is 1. The Morgan fingerprint density at radius 2 is 2.12 bits per heavy atom. The highest BCUT2D eigenvalue weighted by atomic mass is 32.2. The third kappa shape index (κ3) is 3.66. The van der Waals surface area contributed by atoms with Gasteiger partial charge in [0.05, 0.1) is 27.4 Å². The summed E-state index contributed by atoms with van der Waals surface area (Å²) in [7, 11) is 0. The number of amides is 2. The summed E-state index contributed by atoms with van der Waals surface area (Å²) in [6, 6.07) is 7.74. The first-order valence-electron chi connectivity index (χ1n) is 7.97. The first kappa shape index (κ1) is 16.9. The Balaban J connectivity index is 1.31. The van der Waals surface area contributed by atoms with Gasteiger partial charge < -0.3 is 5.32 Å². The SMILES string of the molecule is O=C(CSCC1=NC(=O)C2C=CC=CC2=N1)Nc1nc2ccccc2s1. The van der Waals surface area contributed by atoms with E-state index in [1.54, 1.807) is 6.08 Å². The number of amidine groups is 1. The molecule has 4 rings (SSSR count). The van der Waals surface area contributed by atoms with Crippen molar-refractivity contribution in [1.82, 2.24) is 4.98 Å². The molecule has 2 aromatic rings. The van der Waals surface area contributed by atoms with Crippen LogP contribution < -0.4 is 5.32 Å². The lowest BCUT2D eigenvalue weighted by molar-refractivity contribution is -0.118. The van der Waals surface area contributed by atoms with E-state index in [2.05, 4.69) is 20.3 Å². The smallest absolute Gasteiger partial charge is 0.260 e. The van der Waals surface area contributed by atoms with Crippen LogP contribution in [0.5, 0.6) is 0 Å². The van der Waals surface area contributed by atoms with Gasteiger partial charge in [0.25, 0.3) is 5.91 Å². The average molecular weight is 382 g/mol. The molecule has 1 aromatic carbocycles. The summed E-state index contributed by atoms with van der Waals surface area (Å²) >= 11 is 2.81. The van der Waals surface area contributed by atoms with Crippen molar-refractivity contribution in [3.05, 3.63) is 48.6 Å². The van der Waals surface area contributed by atoms with Crippen LogP contribution in [0.4, 0.5) is 5.13 Å². The second-order valence-corrected chi connectivity index (χ2v) is 7.67. The molecule has 1 aromatic heterocycles. The standard InChI is InChI=1S/C18H14N4O2S2/c23-16(22-18-20-13-7-3-4-8-14(13)26-18)10-25-9-15-19-12-6-2-1-5-11(12)17(24)21-15/h1-8,11H,9-10H2,(H,20,22,23). The topological polar surface area (TPSA) is 83.8 Å². The highest BCUT2D eigenvalue weighted by molar-refractivity contribution is 8.00. The molecule has 2 heterocycles. The van der Waals surface area contributed by atoms with Crippen molar-refractivity contribution in [3.8, 4) is 0 Å². The molecular weight excluding hydrogens is 368 g/mol. The zero-order valence-corrected chi connectivity index (χ0v) is 15.2. The average Bonchev–Trinajstić information content (AvgIpc) is 3.04. The summed E-state index contributed by atoms with van der Waals surface area (Å²) in [5.74, 6) is 0.406. The predicted molar refractivity (Wildman–Crippen MR) is 107 cm³/mol. The minimum absolute atomic E-state index is 0.136. The molecule has 8 heteroatoms. The molecule has 2 aliphatic rings. The Labute approximate surface area is 157 Å². The van der Waals surface area contributed by atoms with Crippen LogP contribution in [0.25, 0.3) is 10.2 Å². The lowest BCUT2D eigenvalue weighted by atomic mass is 9.97. The van der Waals surface area contributed by atoms with Crippen molar-refractivity contribution in [2.75, 3.05) is 16.8 Å². The Bertz CT molecular complexity index is 971. The lowest BCUT2D eigenvalue weighted by Gasteiger charge is -2.17. The zero-order valence-electron chi connectivity index (χ0n) is 13.6. The molecule has 2 amide bonds. The molecule has 1 unspecified atom stereocenters. The molecule has 0 saturated carbocycles. The van der Waals surface area contributed by atoms with Crippen LogP contribution in [0.3, 0.4) is 0 Å². The molecule has 0 bridgehead atoms. The number of nitrogens with zero attached hydrogens (tertiary/aromatic N) is 3. The summed E-state index contributed by atoms with van der Waals surface area (Å²) < 4.78 is 1.03. The first-order chi connectivity index (χ1) is 12.7. The number of carbonyl (C=O) groups excluding carboxylic acids is 2. The van der Waals surface area contributed by atoms with Crippen LogP contribution in [0, 0.1) is 5.92 Å². The van der Waals surface area contributed by atoms with E-state index in [0.717, 1.165) is 10.2 Å². The van der Waals surface area contributed by atoms with E-state index >= 15 is 0 Å². The number of aromatic nitrogens is 1. The van der Waals surface area contributed by atoms with Gasteiger partial charge >= 0.3 is 0 Å². The quantitative estimate of drug-likeness (QED) is 0.861. The molecule has 1 aliphatic heterocycles. The minimum Gasteiger partial charge on any atom is -0.301 e. The molecule has 6 nitrogen and oxygen atoms in total. The number of rotatable bonds is 5. The van der Waals surface area contributed by atoms with Gasteiger partial charge in [-0.1, -0.05) is 41.7 Å². The number of allylic oxidation sites excluding steroid dienone is 3. The van der Waals surface area contributed by atoms with Gasteiger partial charge in [0.1, 0.15) is 11.8 Å². The van der Waals surface area contributed by atoms with Gasteiger partial charge in [-0.2, -0.15) is 4.99 Å². The number of fused-ring (bicyclic) bond motifs is 2. The van der Waals surface area contributed by atoms with Crippen LogP contribution in [-0.4, -0.2) is 39.9 Å². The molecule has 0 fully saturated rings. The number of anilines is 1. The van der Waals surface area contributed by atoms with Gasteiger partial charge in [-0.25, -0.2) is 9.98 Å². The van der Waals surface area contributed by atoms with Gasteiger partial charge in [-0.05, 0) is 18.2 Å². The molecule has 1 atom stereocenters. The summed E-state index contributed by atoms with van der Waals surface area (Å²) in [6.07, 6.45) is 7.29. The fraction of sp³-hybridized carbons (Fsp3) is 0.167.